The van der Waals surface area contributed by atoms with Gasteiger partial charge in [-0.1, -0.05) is 11.6 Å². The highest BCUT2D eigenvalue weighted by molar-refractivity contribution is 7.99. The van der Waals surface area contributed by atoms with Gasteiger partial charge in [-0.2, -0.15) is 0 Å². The predicted octanol–water partition coefficient (Wildman–Crippen LogP) is 3.15. The number of carbonyl (C=O) groups excluding carboxylic acids is 1. The molecule has 0 aromatic heterocycles. The zero-order valence-corrected chi connectivity index (χ0v) is 13.2. The van der Waals surface area contributed by atoms with Crippen molar-refractivity contribution in [3.63, 3.8) is 0 Å². The van der Waals surface area contributed by atoms with Gasteiger partial charge in [-0.05, 0) is 37.1 Å². The van der Waals surface area contributed by atoms with Gasteiger partial charge in [-0.25, -0.2) is 0 Å². The summed E-state index contributed by atoms with van der Waals surface area (Å²) in [5, 5.41) is 9.73. The van der Waals surface area contributed by atoms with Crippen molar-refractivity contribution in [2.45, 2.75) is 24.2 Å². The summed E-state index contributed by atoms with van der Waals surface area (Å²) in [4.78, 5) is 25.9. The van der Waals surface area contributed by atoms with E-state index in [1.165, 1.54) is 0 Å². The Labute approximate surface area is 133 Å². The van der Waals surface area contributed by atoms with Crippen LogP contribution in [0.4, 0.5) is 0 Å². The second-order valence-corrected chi connectivity index (χ2v) is 6.67. The molecule has 1 saturated heterocycles. The third-order valence-electron chi connectivity index (χ3n) is 3.52. The largest absolute Gasteiger partial charge is 0.481 e. The fraction of sp³-hybridized carbons (Fsp3) is 0.467. The van der Waals surface area contributed by atoms with Gasteiger partial charge in [0.1, 0.15) is 0 Å². The van der Waals surface area contributed by atoms with Crippen molar-refractivity contribution >= 4 is 35.2 Å². The van der Waals surface area contributed by atoms with Crippen molar-refractivity contribution in [3.8, 4) is 0 Å². The quantitative estimate of drug-likeness (QED) is 0.844. The van der Waals surface area contributed by atoms with Gasteiger partial charge in [0.2, 0.25) is 5.91 Å². The van der Waals surface area contributed by atoms with Gasteiger partial charge in [0.25, 0.3) is 0 Å². The number of piperidine rings is 1. The van der Waals surface area contributed by atoms with Crippen molar-refractivity contribution in [1.29, 1.82) is 0 Å². The minimum Gasteiger partial charge on any atom is -0.481 e. The number of hydrogen-bond acceptors (Lipinski definition) is 3. The van der Waals surface area contributed by atoms with Gasteiger partial charge < -0.3 is 10.0 Å². The van der Waals surface area contributed by atoms with Crippen LogP contribution in [0.15, 0.2) is 29.2 Å². The van der Waals surface area contributed by atoms with Crippen LogP contribution in [0.3, 0.4) is 0 Å². The Morgan fingerprint density at radius 1 is 1.33 bits per heavy atom. The molecule has 1 aromatic carbocycles. The number of carbonyl (C=O) groups is 2. The number of hydrogen-bond donors (Lipinski definition) is 1. The molecule has 1 amide bonds. The van der Waals surface area contributed by atoms with Crippen LogP contribution in [0.25, 0.3) is 0 Å². The molecule has 1 aliphatic heterocycles. The van der Waals surface area contributed by atoms with E-state index in [-0.39, 0.29) is 5.91 Å². The molecule has 0 saturated carbocycles. The van der Waals surface area contributed by atoms with E-state index in [0.717, 1.165) is 11.3 Å². The Bertz CT molecular complexity index is 506. The summed E-state index contributed by atoms with van der Waals surface area (Å²) in [7, 11) is 0. The van der Waals surface area contributed by atoms with E-state index in [2.05, 4.69) is 0 Å². The molecule has 0 bridgehead atoms. The highest BCUT2D eigenvalue weighted by Gasteiger charge is 2.27. The molecule has 1 aliphatic rings. The van der Waals surface area contributed by atoms with Crippen LogP contribution >= 0.6 is 23.4 Å². The number of benzene rings is 1. The maximum absolute atomic E-state index is 12.1. The first-order valence-corrected chi connectivity index (χ1v) is 8.31. The number of rotatable bonds is 5. The molecule has 1 fully saturated rings. The fourth-order valence-corrected chi connectivity index (χ4v) is 3.32. The first-order valence-electron chi connectivity index (χ1n) is 6.95. The standard InChI is InChI=1S/C15H18ClNO3S/c16-12-3-5-13(6-4-12)21-9-7-14(18)17-8-1-2-11(10-17)15(19)20/h3-6,11H,1-2,7-10H2,(H,19,20)/t11-/m0/s1. The molecular formula is C15H18ClNO3S. The molecule has 0 aliphatic carbocycles. The second kappa shape index (κ2) is 7.71. The van der Waals surface area contributed by atoms with Crippen LogP contribution in [-0.2, 0) is 9.59 Å². The highest BCUT2D eigenvalue weighted by Crippen LogP contribution is 2.22. The van der Waals surface area contributed by atoms with Gasteiger partial charge in [0.05, 0.1) is 5.92 Å². The Balaban J connectivity index is 1.76. The molecule has 114 valence electrons. The summed E-state index contributed by atoms with van der Waals surface area (Å²) >= 11 is 7.42. The second-order valence-electron chi connectivity index (χ2n) is 5.07. The number of amides is 1. The molecule has 1 heterocycles. The topological polar surface area (TPSA) is 57.6 Å². The SMILES string of the molecule is O=C(O)[C@H]1CCCN(C(=O)CCSc2ccc(Cl)cc2)C1. The minimum atomic E-state index is -0.803. The molecule has 1 aromatic rings. The summed E-state index contributed by atoms with van der Waals surface area (Å²) in [6.45, 7) is 1.02. The summed E-state index contributed by atoms with van der Waals surface area (Å²) < 4.78 is 0. The number of likely N-dealkylation sites (tertiary alicyclic amines) is 1. The minimum absolute atomic E-state index is 0.0439. The Kier molecular flexibility index (Phi) is 5.94. The van der Waals surface area contributed by atoms with Crippen LogP contribution in [-0.4, -0.2) is 40.7 Å². The molecule has 0 spiro atoms. The predicted molar refractivity (Wildman–Crippen MR) is 83.7 cm³/mol. The van der Waals surface area contributed by atoms with Crippen LogP contribution in [0.1, 0.15) is 19.3 Å². The normalized spacial score (nSPS) is 18.5. The molecule has 21 heavy (non-hydrogen) atoms. The molecular weight excluding hydrogens is 310 g/mol. The van der Waals surface area contributed by atoms with Gasteiger partial charge in [-0.15, -0.1) is 11.8 Å². The number of halogens is 1. The third-order valence-corrected chi connectivity index (χ3v) is 4.79. The lowest BCUT2D eigenvalue weighted by atomic mass is 9.98. The summed E-state index contributed by atoms with van der Waals surface area (Å²) in [6, 6.07) is 7.51. The average Bonchev–Trinajstić information content (AvgIpc) is 2.49. The van der Waals surface area contributed by atoms with Gasteiger partial charge in [0.15, 0.2) is 0 Å². The molecule has 6 heteroatoms. The van der Waals surface area contributed by atoms with E-state index in [9.17, 15) is 9.59 Å². The van der Waals surface area contributed by atoms with Crippen molar-refractivity contribution < 1.29 is 14.7 Å². The van der Waals surface area contributed by atoms with Crippen LogP contribution < -0.4 is 0 Å². The number of carboxylic acids is 1. The number of carboxylic acid groups (broad SMARTS) is 1. The average molecular weight is 328 g/mol. The molecule has 0 radical (unpaired) electrons. The molecule has 2 rings (SSSR count). The van der Waals surface area contributed by atoms with E-state index in [1.54, 1.807) is 16.7 Å². The highest BCUT2D eigenvalue weighted by atomic mass is 35.5. The monoisotopic (exact) mass is 327 g/mol. The Hall–Kier alpha value is -1.20. The molecule has 1 N–H and O–H groups in total. The fourth-order valence-electron chi connectivity index (χ4n) is 2.35. The summed E-state index contributed by atoms with van der Waals surface area (Å²) in [5.74, 6) is -0.480. The smallest absolute Gasteiger partial charge is 0.308 e. The zero-order chi connectivity index (χ0) is 15.2. The van der Waals surface area contributed by atoms with E-state index in [1.807, 2.05) is 24.3 Å². The lowest BCUT2D eigenvalue weighted by Gasteiger charge is -2.30. The van der Waals surface area contributed by atoms with E-state index >= 15 is 0 Å². The lowest BCUT2D eigenvalue weighted by molar-refractivity contribution is -0.145. The molecule has 0 unspecified atom stereocenters. The van der Waals surface area contributed by atoms with E-state index in [4.69, 9.17) is 16.7 Å². The first kappa shape index (κ1) is 16.2. The van der Waals surface area contributed by atoms with Crippen LogP contribution in [0.5, 0.6) is 0 Å². The van der Waals surface area contributed by atoms with Crippen molar-refractivity contribution in [2.75, 3.05) is 18.8 Å². The van der Waals surface area contributed by atoms with Gasteiger partial charge >= 0.3 is 5.97 Å². The number of nitrogens with zero attached hydrogens (tertiary/aromatic N) is 1. The van der Waals surface area contributed by atoms with Gasteiger partial charge in [-0.3, -0.25) is 9.59 Å². The maximum Gasteiger partial charge on any atom is 0.308 e. The van der Waals surface area contributed by atoms with E-state index < -0.39 is 11.9 Å². The third kappa shape index (κ3) is 4.93. The van der Waals surface area contributed by atoms with Crippen molar-refractivity contribution in [3.05, 3.63) is 29.3 Å². The first-order chi connectivity index (χ1) is 10.1. The summed E-state index contributed by atoms with van der Waals surface area (Å²) in [6.07, 6.45) is 1.87. The van der Waals surface area contributed by atoms with E-state index in [0.29, 0.717) is 36.7 Å². The number of thioether (sulfide) groups is 1. The molecule has 1 atom stereocenters. The van der Waals surface area contributed by atoms with Crippen molar-refractivity contribution in [2.24, 2.45) is 5.92 Å². The van der Waals surface area contributed by atoms with Crippen molar-refractivity contribution in [1.82, 2.24) is 4.90 Å². The molecule has 4 nitrogen and oxygen atoms in total. The van der Waals surface area contributed by atoms with Crippen LogP contribution in [0.2, 0.25) is 5.02 Å². The van der Waals surface area contributed by atoms with Gasteiger partial charge in [0, 0.05) is 35.2 Å². The lowest BCUT2D eigenvalue weighted by Crippen LogP contribution is -2.42. The number of aliphatic carboxylic acids is 1. The Morgan fingerprint density at radius 3 is 2.71 bits per heavy atom. The Morgan fingerprint density at radius 2 is 2.05 bits per heavy atom. The van der Waals surface area contributed by atoms with Crippen LogP contribution in [0, 0.1) is 5.92 Å². The zero-order valence-electron chi connectivity index (χ0n) is 11.6. The summed E-state index contributed by atoms with van der Waals surface area (Å²) in [5.41, 5.74) is 0. The maximum atomic E-state index is 12.1.